The van der Waals surface area contributed by atoms with Crippen LogP contribution >= 0.6 is 27.3 Å². The van der Waals surface area contributed by atoms with Crippen LogP contribution < -0.4 is 5.32 Å². The number of likely N-dealkylation sites (tertiary alicyclic amines) is 1. The fourth-order valence-electron chi connectivity index (χ4n) is 2.72. The van der Waals surface area contributed by atoms with Gasteiger partial charge in [0.1, 0.15) is 6.04 Å². The van der Waals surface area contributed by atoms with Crippen molar-refractivity contribution in [2.75, 3.05) is 19.8 Å². The summed E-state index contributed by atoms with van der Waals surface area (Å²) in [6.45, 7) is 1.27. The summed E-state index contributed by atoms with van der Waals surface area (Å²) < 4.78 is 12.0. The van der Waals surface area contributed by atoms with Gasteiger partial charge >= 0.3 is 6.09 Å². The Hall–Kier alpha value is -1.16. The van der Waals surface area contributed by atoms with Crippen molar-refractivity contribution in [3.63, 3.8) is 0 Å². The van der Waals surface area contributed by atoms with Crippen LogP contribution in [0, 0.1) is 0 Å². The lowest BCUT2D eigenvalue weighted by atomic mass is 10.1. The van der Waals surface area contributed by atoms with Gasteiger partial charge in [-0.05, 0) is 22.0 Å². The molecule has 3 heterocycles. The number of rotatable bonds is 3. The summed E-state index contributed by atoms with van der Waals surface area (Å²) in [5, 5.41) is 14.0. The fraction of sp³-hybridized carbons (Fsp3) is 0.538. The minimum absolute atomic E-state index is 0.0605. The largest absolute Gasteiger partial charge is 0.465 e. The molecule has 120 valence electrons. The number of carbonyl (C=O) groups is 2. The molecule has 22 heavy (non-hydrogen) atoms. The molecule has 2 saturated heterocycles. The summed E-state index contributed by atoms with van der Waals surface area (Å²) in [5.41, 5.74) is 0. The predicted octanol–water partition coefficient (Wildman–Crippen LogP) is 1.62. The van der Waals surface area contributed by atoms with Crippen molar-refractivity contribution in [3.8, 4) is 0 Å². The van der Waals surface area contributed by atoms with Gasteiger partial charge in [0.15, 0.2) is 5.79 Å². The molecule has 0 aromatic carbocycles. The predicted molar refractivity (Wildman–Crippen MR) is 81.6 cm³/mol. The third-order valence-corrected chi connectivity index (χ3v) is 5.41. The molecule has 2 aliphatic rings. The van der Waals surface area contributed by atoms with Gasteiger partial charge in [-0.1, -0.05) is 0 Å². The topological polar surface area (TPSA) is 88.1 Å². The second-order valence-corrected chi connectivity index (χ2v) is 7.10. The van der Waals surface area contributed by atoms with Gasteiger partial charge in [-0.15, -0.1) is 11.3 Å². The number of nitrogens with one attached hydrogen (secondary N) is 1. The van der Waals surface area contributed by atoms with Gasteiger partial charge in [0, 0.05) is 21.2 Å². The molecule has 1 atom stereocenters. The highest BCUT2D eigenvalue weighted by molar-refractivity contribution is 9.10. The van der Waals surface area contributed by atoms with Crippen LogP contribution in [0.1, 0.15) is 11.3 Å². The van der Waals surface area contributed by atoms with Crippen LogP contribution in [0.3, 0.4) is 0 Å². The monoisotopic (exact) mass is 390 g/mol. The van der Waals surface area contributed by atoms with Crippen LogP contribution in [0.25, 0.3) is 0 Å². The minimum Gasteiger partial charge on any atom is -0.465 e. The average molecular weight is 391 g/mol. The van der Waals surface area contributed by atoms with E-state index in [0.29, 0.717) is 19.8 Å². The maximum Gasteiger partial charge on any atom is 0.408 e. The zero-order valence-electron chi connectivity index (χ0n) is 11.6. The third kappa shape index (κ3) is 3.12. The van der Waals surface area contributed by atoms with Gasteiger partial charge in [0.2, 0.25) is 5.91 Å². The quantitative estimate of drug-likeness (QED) is 0.818. The van der Waals surface area contributed by atoms with E-state index in [1.165, 1.54) is 11.3 Å². The lowest BCUT2D eigenvalue weighted by Crippen LogP contribution is -2.45. The zero-order chi connectivity index (χ0) is 15.7. The molecular formula is C13H15BrN2O5S. The molecule has 2 aliphatic heterocycles. The number of hydrogen-bond acceptors (Lipinski definition) is 5. The Labute approximate surface area is 139 Å². The van der Waals surface area contributed by atoms with Gasteiger partial charge in [0.05, 0.1) is 26.3 Å². The first-order valence-electron chi connectivity index (χ1n) is 6.77. The summed E-state index contributed by atoms with van der Waals surface area (Å²) in [7, 11) is 0. The van der Waals surface area contributed by atoms with E-state index in [0.717, 1.165) is 14.2 Å². The number of halogens is 1. The van der Waals surface area contributed by atoms with E-state index < -0.39 is 17.9 Å². The van der Waals surface area contributed by atoms with E-state index >= 15 is 0 Å². The average Bonchev–Trinajstić information content (AvgIpc) is 3.18. The van der Waals surface area contributed by atoms with Crippen molar-refractivity contribution >= 4 is 39.3 Å². The molecule has 7 nitrogen and oxygen atoms in total. The molecule has 2 fully saturated rings. The number of hydrogen-bond donors (Lipinski definition) is 2. The minimum atomic E-state index is -1.14. The van der Waals surface area contributed by atoms with Crippen molar-refractivity contribution in [3.05, 3.63) is 20.8 Å². The molecule has 1 aromatic heterocycles. The summed E-state index contributed by atoms with van der Waals surface area (Å²) >= 11 is 4.87. The van der Waals surface area contributed by atoms with Gasteiger partial charge in [-0.25, -0.2) is 4.79 Å². The first-order chi connectivity index (χ1) is 10.5. The maximum atomic E-state index is 12.3. The lowest BCUT2D eigenvalue weighted by Gasteiger charge is -2.20. The normalized spacial score (nSPS) is 23.1. The van der Waals surface area contributed by atoms with E-state index in [1.54, 1.807) is 0 Å². The molecule has 9 heteroatoms. The molecule has 0 saturated carbocycles. The van der Waals surface area contributed by atoms with Crippen LogP contribution in [-0.4, -0.2) is 53.6 Å². The maximum absolute atomic E-state index is 12.3. The van der Waals surface area contributed by atoms with E-state index in [-0.39, 0.29) is 18.9 Å². The fourth-order valence-corrected chi connectivity index (χ4v) is 4.11. The highest BCUT2D eigenvalue weighted by Crippen LogP contribution is 2.34. The molecule has 2 N–H and O–H groups in total. The smallest absolute Gasteiger partial charge is 0.408 e. The number of amides is 2. The first-order valence-corrected chi connectivity index (χ1v) is 8.44. The Balaban J connectivity index is 1.65. The number of carboxylic acid groups (broad SMARTS) is 1. The zero-order valence-corrected chi connectivity index (χ0v) is 14.0. The molecule has 3 rings (SSSR count). The molecule has 0 unspecified atom stereocenters. The Morgan fingerprint density at radius 1 is 1.50 bits per heavy atom. The number of carbonyl (C=O) groups excluding carboxylic acids is 1. The summed E-state index contributed by atoms with van der Waals surface area (Å²) in [6, 6.07) is 1.12. The Morgan fingerprint density at radius 2 is 2.23 bits per heavy atom. The van der Waals surface area contributed by atoms with E-state index in [4.69, 9.17) is 9.47 Å². The lowest BCUT2D eigenvalue weighted by molar-refractivity contribution is -0.146. The molecule has 0 radical (unpaired) electrons. The van der Waals surface area contributed by atoms with Gasteiger partial charge < -0.3 is 19.9 Å². The van der Waals surface area contributed by atoms with Crippen molar-refractivity contribution in [2.45, 2.75) is 24.8 Å². The molecule has 1 spiro atoms. The third-order valence-electron chi connectivity index (χ3n) is 3.71. The first kappa shape index (κ1) is 15.7. The number of nitrogens with zero attached hydrogens (tertiary/aromatic N) is 1. The Bertz CT molecular complexity index is 587. The molecular weight excluding hydrogens is 376 g/mol. The molecule has 1 aromatic rings. The van der Waals surface area contributed by atoms with E-state index in [9.17, 15) is 14.7 Å². The van der Waals surface area contributed by atoms with Gasteiger partial charge in [-0.2, -0.15) is 0 Å². The SMILES string of the molecule is O=C(NCc1cc(Br)cs1)[C@@H]1CC2(CN1C(=O)O)OCCO2. The van der Waals surface area contributed by atoms with Crippen molar-refractivity contribution in [1.82, 2.24) is 10.2 Å². The second-order valence-electron chi connectivity index (χ2n) is 5.19. The molecule has 0 bridgehead atoms. The van der Waals surface area contributed by atoms with Crippen molar-refractivity contribution in [2.24, 2.45) is 0 Å². The Morgan fingerprint density at radius 3 is 2.82 bits per heavy atom. The standard InChI is InChI=1S/C13H15BrN2O5S/c14-8-3-9(22-6-8)5-15-11(17)10-4-13(20-1-2-21-13)7-16(10)12(18)19/h3,6,10H,1-2,4-5,7H2,(H,15,17)(H,18,19)/t10-/m0/s1. The summed E-state index contributed by atoms with van der Waals surface area (Å²) in [4.78, 5) is 25.8. The van der Waals surface area contributed by atoms with Crippen LogP contribution in [0.4, 0.5) is 4.79 Å². The second kappa shape index (κ2) is 6.15. The summed E-state index contributed by atoms with van der Waals surface area (Å²) in [5.74, 6) is -1.30. The van der Waals surface area contributed by atoms with E-state index in [2.05, 4.69) is 21.2 Å². The van der Waals surface area contributed by atoms with Crippen LogP contribution in [0.15, 0.2) is 15.9 Å². The molecule has 0 aliphatic carbocycles. The van der Waals surface area contributed by atoms with Crippen molar-refractivity contribution < 1.29 is 24.2 Å². The summed E-state index contributed by atoms with van der Waals surface area (Å²) in [6.07, 6.45) is -0.922. The van der Waals surface area contributed by atoms with Crippen LogP contribution in [0.5, 0.6) is 0 Å². The van der Waals surface area contributed by atoms with E-state index in [1.807, 2.05) is 11.4 Å². The molecule has 2 amide bonds. The number of thiophene rings is 1. The number of ether oxygens (including phenoxy) is 2. The van der Waals surface area contributed by atoms with Crippen molar-refractivity contribution in [1.29, 1.82) is 0 Å². The van der Waals surface area contributed by atoms with Crippen LogP contribution in [-0.2, 0) is 20.8 Å². The Kier molecular flexibility index (Phi) is 4.40. The van der Waals surface area contributed by atoms with Gasteiger partial charge in [0.25, 0.3) is 0 Å². The highest BCUT2D eigenvalue weighted by atomic mass is 79.9. The highest BCUT2D eigenvalue weighted by Gasteiger charge is 2.52. The van der Waals surface area contributed by atoms with Crippen LogP contribution in [0.2, 0.25) is 0 Å². The van der Waals surface area contributed by atoms with Gasteiger partial charge in [-0.3, -0.25) is 9.69 Å².